The zero-order chi connectivity index (χ0) is 25.7. The normalized spacial score (nSPS) is 14.0. The fourth-order valence-corrected chi connectivity index (χ4v) is 4.71. The Morgan fingerprint density at radius 3 is 2.46 bits per heavy atom. The maximum atomic E-state index is 10.1. The molecule has 1 unspecified atom stereocenters. The number of anilines is 1. The molecule has 0 saturated heterocycles. The number of aromatic hydroxyl groups is 1. The van der Waals surface area contributed by atoms with Crippen molar-refractivity contribution in [3.05, 3.63) is 83.7 Å². The van der Waals surface area contributed by atoms with Gasteiger partial charge in [-0.2, -0.15) is 0 Å². The summed E-state index contributed by atoms with van der Waals surface area (Å²) < 4.78 is 18.9. The molecule has 9 heteroatoms. The summed E-state index contributed by atoms with van der Waals surface area (Å²) in [5.74, 6) is 2.57. The minimum absolute atomic E-state index is 0.111. The maximum Gasteiger partial charge on any atom is 0.228 e. The highest BCUT2D eigenvalue weighted by Gasteiger charge is 2.34. The van der Waals surface area contributed by atoms with Crippen LogP contribution in [-0.2, 0) is 0 Å². The molecule has 2 aromatic heterocycles. The van der Waals surface area contributed by atoms with Crippen molar-refractivity contribution in [1.29, 1.82) is 0 Å². The Bertz CT molecular complexity index is 1630. The topological polar surface area (TPSA) is 94.2 Å². The number of benzene rings is 3. The maximum absolute atomic E-state index is 10.1. The van der Waals surface area contributed by atoms with Crippen molar-refractivity contribution >= 4 is 11.3 Å². The average molecular weight is 496 g/mol. The van der Waals surface area contributed by atoms with Crippen LogP contribution in [0, 0.1) is 0 Å². The second-order valence-corrected chi connectivity index (χ2v) is 8.98. The van der Waals surface area contributed by atoms with E-state index in [2.05, 4.69) is 4.98 Å². The van der Waals surface area contributed by atoms with Crippen LogP contribution in [0.3, 0.4) is 0 Å². The van der Waals surface area contributed by atoms with Crippen LogP contribution in [0.2, 0.25) is 0 Å². The highest BCUT2D eigenvalue weighted by Crippen LogP contribution is 2.49. The van der Waals surface area contributed by atoms with E-state index in [9.17, 15) is 5.11 Å². The Morgan fingerprint density at radius 1 is 0.946 bits per heavy atom. The van der Waals surface area contributed by atoms with E-state index in [1.165, 1.54) is 0 Å². The van der Waals surface area contributed by atoms with E-state index in [-0.39, 0.29) is 11.7 Å². The van der Waals surface area contributed by atoms with E-state index in [4.69, 9.17) is 24.3 Å². The number of methoxy groups -OCH3 is 2. The largest absolute Gasteiger partial charge is 0.508 e. The first kappa shape index (κ1) is 22.7. The van der Waals surface area contributed by atoms with Crippen LogP contribution in [0.15, 0.2) is 67.0 Å². The van der Waals surface area contributed by atoms with E-state index in [0.29, 0.717) is 34.6 Å². The van der Waals surface area contributed by atoms with Crippen LogP contribution >= 0.6 is 0 Å². The lowest BCUT2D eigenvalue weighted by molar-refractivity contribution is 0.354. The first-order valence-electron chi connectivity index (χ1n) is 11.7. The molecule has 0 spiro atoms. The van der Waals surface area contributed by atoms with Crippen molar-refractivity contribution in [3.63, 3.8) is 0 Å². The van der Waals surface area contributed by atoms with E-state index in [1.54, 1.807) is 37.2 Å². The van der Waals surface area contributed by atoms with Crippen LogP contribution in [0.4, 0.5) is 5.69 Å². The van der Waals surface area contributed by atoms with Gasteiger partial charge in [-0.3, -0.25) is 0 Å². The third kappa shape index (κ3) is 3.76. The standard InChI is InChI=1S/C28H25N5O4/c1-32(2)18-8-5-16(6-9-18)26-30-27-25-24(17-7-12-21(35-3)23(13-17)36-4)20-11-10-19(34)14-22(20)37-28(25)29-15-33(27)31-26/h5-15,24,34H,1-4H3. The molecule has 9 nitrogen and oxygen atoms in total. The number of fused-ring (bicyclic) bond motifs is 4. The number of hydrogen-bond acceptors (Lipinski definition) is 8. The molecule has 1 atom stereocenters. The molecule has 1 N–H and O–H groups in total. The summed E-state index contributed by atoms with van der Waals surface area (Å²) >= 11 is 0. The lowest BCUT2D eigenvalue weighted by Crippen LogP contribution is -2.15. The van der Waals surface area contributed by atoms with Crippen molar-refractivity contribution in [2.75, 3.05) is 33.2 Å². The van der Waals surface area contributed by atoms with Gasteiger partial charge in [-0.05, 0) is 48.0 Å². The summed E-state index contributed by atoms with van der Waals surface area (Å²) in [6.45, 7) is 0. The van der Waals surface area contributed by atoms with Gasteiger partial charge in [0, 0.05) is 42.9 Å². The van der Waals surface area contributed by atoms with E-state index >= 15 is 0 Å². The number of aromatic nitrogens is 4. The van der Waals surface area contributed by atoms with Crippen molar-refractivity contribution in [2.24, 2.45) is 0 Å². The number of nitrogens with zero attached hydrogens (tertiary/aromatic N) is 5. The molecular weight excluding hydrogens is 470 g/mol. The summed E-state index contributed by atoms with van der Waals surface area (Å²) in [6.07, 6.45) is 1.60. The van der Waals surface area contributed by atoms with Crippen molar-refractivity contribution in [3.8, 4) is 40.3 Å². The third-order valence-corrected chi connectivity index (χ3v) is 6.57. The van der Waals surface area contributed by atoms with Gasteiger partial charge >= 0.3 is 0 Å². The summed E-state index contributed by atoms with van der Waals surface area (Å²) in [5.41, 5.74) is 5.20. The summed E-state index contributed by atoms with van der Waals surface area (Å²) in [7, 11) is 7.22. The minimum Gasteiger partial charge on any atom is -0.508 e. The summed E-state index contributed by atoms with van der Waals surface area (Å²) in [6, 6.07) is 19.0. The van der Waals surface area contributed by atoms with Gasteiger partial charge in [0.05, 0.1) is 19.8 Å². The molecule has 0 saturated carbocycles. The van der Waals surface area contributed by atoms with E-state index in [0.717, 1.165) is 27.9 Å². The molecule has 0 radical (unpaired) electrons. The Kier molecular flexibility index (Phi) is 5.33. The van der Waals surface area contributed by atoms with Crippen molar-refractivity contribution in [2.45, 2.75) is 5.92 Å². The van der Waals surface area contributed by atoms with Gasteiger partial charge < -0.3 is 24.2 Å². The molecule has 0 fully saturated rings. The zero-order valence-electron chi connectivity index (χ0n) is 20.8. The van der Waals surface area contributed by atoms with Crippen molar-refractivity contribution < 1.29 is 19.3 Å². The number of phenolic OH excluding ortho intramolecular Hbond substituents is 1. The Balaban J connectivity index is 1.56. The highest BCUT2D eigenvalue weighted by atomic mass is 16.5. The average Bonchev–Trinajstić information content (AvgIpc) is 3.36. The quantitative estimate of drug-likeness (QED) is 0.362. The molecule has 5 aromatic rings. The van der Waals surface area contributed by atoms with Gasteiger partial charge in [0.1, 0.15) is 17.8 Å². The Labute approximate surface area is 213 Å². The number of rotatable bonds is 5. The smallest absolute Gasteiger partial charge is 0.228 e. The predicted molar refractivity (Wildman–Crippen MR) is 139 cm³/mol. The zero-order valence-corrected chi connectivity index (χ0v) is 20.8. The van der Waals surface area contributed by atoms with E-state index in [1.807, 2.05) is 67.5 Å². The molecule has 0 bridgehead atoms. The monoisotopic (exact) mass is 495 g/mol. The molecule has 1 aliphatic rings. The predicted octanol–water partition coefficient (Wildman–Crippen LogP) is 4.87. The molecule has 0 aliphatic carbocycles. The summed E-state index contributed by atoms with van der Waals surface area (Å²) in [5, 5.41) is 14.8. The summed E-state index contributed by atoms with van der Waals surface area (Å²) in [4.78, 5) is 11.5. The van der Waals surface area contributed by atoms with Crippen LogP contribution in [-0.4, -0.2) is 53.0 Å². The van der Waals surface area contributed by atoms with Gasteiger partial charge in [-0.15, -0.1) is 5.10 Å². The highest BCUT2D eigenvalue weighted by molar-refractivity contribution is 5.70. The first-order chi connectivity index (χ1) is 18.0. The lowest BCUT2D eigenvalue weighted by atomic mass is 9.83. The molecule has 186 valence electrons. The van der Waals surface area contributed by atoms with Crippen LogP contribution in [0.5, 0.6) is 28.9 Å². The SMILES string of the molecule is COc1ccc(C2c3ccc(O)cc3Oc3ncn4nc(-c5ccc(N(C)C)cc5)nc4c32)cc1OC. The molecule has 37 heavy (non-hydrogen) atoms. The fraction of sp³-hybridized carbons (Fsp3) is 0.179. The molecular formula is C28H25N5O4. The second kappa shape index (κ2) is 8.70. The van der Waals surface area contributed by atoms with Gasteiger partial charge in [-0.25, -0.2) is 14.5 Å². The van der Waals surface area contributed by atoms with Crippen LogP contribution in [0.1, 0.15) is 22.6 Å². The van der Waals surface area contributed by atoms with Gasteiger partial charge in [0.25, 0.3) is 0 Å². The van der Waals surface area contributed by atoms with Crippen LogP contribution in [0.25, 0.3) is 17.0 Å². The number of hydrogen-bond donors (Lipinski definition) is 1. The Hall–Kier alpha value is -4.79. The van der Waals surface area contributed by atoms with Crippen molar-refractivity contribution in [1.82, 2.24) is 19.6 Å². The van der Waals surface area contributed by atoms with Gasteiger partial charge in [-0.1, -0.05) is 12.1 Å². The minimum atomic E-state index is -0.302. The molecule has 1 aliphatic heterocycles. The number of ether oxygens (including phenoxy) is 3. The third-order valence-electron chi connectivity index (χ3n) is 6.57. The van der Waals surface area contributed by atoms with Gasteiger partial charge in [0.2, 0.25) is 5.88 Å². The number of phenols is 1. The molecule has 3 aromatic carbocycles. The molecule has 3 heterocycles. The second-order valence-electron chi connectivity index (χ2n) is 8.98. The van der Waals surface area contributed by atoms with Crippen LogP contribution < -0.4 is 19.1 Å². The Morgan fingerprint density at radius 2 is 1.73 bits per heavy atom. The molecule has 6 rings (SSSR count). The fourth-order valence-electron chi connectivity index (χ4n) is 4.71. The van der Waals surface area contributed by atoms with E-state index < -0.39 is 0 Å². The lowest BCUT2D eigenvalue weighted by Gasteiger charge is -2.28. The molecule has 0 amide bonds. The first-order valence-corrected chi connectivity index (χ1v) is 11.7. The van der Waals surface area contributed by atoms with Gasteiger partial charge in [0.15, 0.2) is 23.0 Å².